The smallest absolute Gasteiger partial charge is 0.326 e. The number of rotatable bonds is 2. The van der Waals surface area contributed by atoms with Crippen molar-refractivity contribution in [3.05, 3.63) is 29.6 Å². The lowest BCUT2D eigenvalue weighted by Crippen LogP contribution is -2.42. The van der Waals surface area contributed by atoms with Crippen molar-refractivity contribution in [2.45, 2.75) is 25.8 Å². The molecular formula is C13H15FN2O3. The van der Waals surface area contributed by atoms with E-state index in [1.165, 1.54) is 23.1 Å². The molecule has 1 atom stereocenters. The highest BCUT2D eigenvalue weighted by molar-refractivity contribution is 5.92. The van der Waals surface area contributed by atoms with Gasteiger partial charge < -0.3 is 15.3 Å². The lowest BCUT2D eigenvalue weighted by atomic mass is 10.2. The highest BCUT2D eigenvalue weighted by Crippen LogP contribution is 2.20. The number of hydrogen-bond acceptors (Lipinski definition) is 2. The molecule has 0 aromatic heterocycles. The number of aliphatic carboxylic acids is 1. The summed E-state index contributed by atoms with van der Waals surface area (Å²) in [5.74, 6) is -1.34. The Morgan fingerprint density at radius 3 is 2.84 bits per heavy atom. The largest absolute Gasteiger partial charge is 0.480 e. The number of nitrogens with one attached hydrogen (secondary N) is 1. The zero-order chi connectivity index (χ0) is 14.0. The number of hydrogen-bond donors (Lipinski definition) is 2. The summed E-state index contributed by atoms with van der Waals surface area (Å²) in [4.78, 5) is 24.3. The van der Waals surface area contributed by atoms with Crippen LogP contribution < -0.4 is 5.32 Å². The van der Waals surface area contributed by atoms with Gasteiger partial charge in [0.1, 0.15) is 11.9 Å². The van der Waals surface area contributed by atoms with Crippen molar-refractivity contribution in [1.82, 2.24) is 4.90 Å². The van der Waals surface area contributed by atoms with E-state index in [1.807, 2.05) is 0 Å². The Kier molecular flexibility index (Phi) is 3.69. The summed E-state index contributed by atoms with van der Waals surface area (Å²) in [6, 6.07) is 2.99. The first-order chi connectivity index (χ1) is 8.99. The molecule has 1 heterocycles. The highest BCUT2D eigenvalue weighted by Gasteiger charge is 2.33. The summed E-state index contributed by atoms with van der Waals surface area (Å²) in [6.07, 6.45) is 1.14. The summed E-state index contributed by atoms with van der Waals surface area (Å²) in [5, 5.41) is 11.6. The van der Waals surface area contributed by atoms with Crippen molar-refractivity contribution < 1.29 is 19.1 Å². The molecule has 2 rings (SSSR count). The van der Waals surface area contributed by atoms with Crippen LogP contribution in [0, 0.1) is 12.7 Å². The predicted molar refractivity (Wildman–Crippen MR) is 67.5 cm³/mol. The van der Waals surface area contributed by atoms with Crippen molar-refractivity contribution in [2.75, 3.05) is 11.9 Å². The number of urea groups is 1. The zero-order valence-electron chi connectivity index (χ0n) is 10.5. The van der Waals surface area contributed by atoms with E-state index >= 15 is 0 Å². The van der Waals surface area contributed by atoms with E-state index < -0.39 is 18.0 Å². The Hall–Kier alpha value is -2.11. The minimum absolute atomic E-state index is 0.345. The monoisotopic (exact) mass is 266 g/mol. The van der Waals surface area contributed by atoms with E-state index in [-0.39, 0.29) is 5.82 Å². The molecule has 0 saturated carbocycles. The number of anilines is 1. The number of carbonyl (C=O) groups is 2. The first-order valence-corrected chi connectivity index (χ1v) is 6.05. The fraction of sp³-hybridized carbons (Fsp3) is 0.385. The molecule has 2 amide bonds. The van der Waals surface area contributed by atoms with Crippen molar-refractivity contribution in [3.63, 3.8) is 0 Å². The van der Waals surface area contributed by atoms with Crippen LogP contribution in [0.3, 0.4) is 0 Å². The van der Waals surface area contributed by atoms with Crippen LogP contribution in [0.2, 0.25) is 0 Å². The number of nitrogens with zero attached hydrogens (tertiary/aromatic N) is 1. The van der Waals surface area contributed by atoms with Crippen molar-refractivity contribution in [3.8, 4) is 0 Å². The van der Waals surface area contributed by atoms with Crippen LogP contribution in [-0.4, -0.2) is 34.6 Å². The van der Waals surface area contributed by atoms with E-state index in [1.54, 1.807) is 6.92 Å². The zero-order valence-corrected chi connectivity index (χ0v) is 10.5. The number of carboxylic acids is 1. The summed E-state index contributed by atoms with van der Waals surface area (Å²) in [5.41, 5.74) is 0.883. The predicted octanol–water partition coefficient (Wildman–Crippen LogP) is 2.22. The van der Waals surface area contributed by atoms with Gasteiger partial charge in [-0.05, 0) is 43.5 Å². The third-order valence-electron chi connectivity index (χ3n) is 3.21. The lowest BCUT2D eigenvalue weighted by Gasteiger charge is -2.21. The molecule has 0 radical (unpaired) electrons. The molecule has 1 aliphatic heterocycles. The number of aryl methyl sites for hydroxylation is 1. The normalized spacial score (nSPS) is 18.4. The third-order valence-corrected chi connectivity index (χ3v) is 3.21. The van der Waals surface area contributed by atoms with Crippen LogP contribution in [0.25, 0.3) is 0 Å². The number of likely N-dealkylation sites (tertiary alicyclic amines) is 1. The Balaban J connectivity index is 2.08. The van der Waals surface area contributed by atoms with Gasteiger partial charge in [0.2, 0.25) is 0 Å². The second-order valence-electron chi connectivity index (χ2n) is 4.58. The van der Waals surface area contributed by atoms with Gasteiger partial charge in [0, 0.05) is 12.2 Å². The second kappa shape index (κ2) is 5.26. The first-order valence-electron chi connectivity index (χ1n) is 6.05. The minimum Gasteiger partial charge on any atom is -0.480 e. The number of carboxylic acid groups (broad SMARTS) is 1. The number of halogens is 1. The van der Waals surface area contributed by atoms with Gasteiger partial charge in [0.15, 0.2) is 0 Å². The van der Waals surface area contributed by atoms with Gasteiger partial charge in [0.25, 0.3) is 0 Å². The third kappa shape index (κ3) is 2.83. The maximum atomic E-state index is 13.1. The van der Waals surface area contributed by atoms with Gasteiger partial charge in [-0.2, -0.15) is 0 Å². The summed E-state index contributed by atoms with van der Waals surface area (Å²) in [7, 11) is 0. The van der Waals surface area contributed by atoms with E-state index in [0.29, 0.717) is 30.6 Å². The van der Waals surface area contributed by atoms with Crippen LogP contribution in [0.5, 0.6) is 0 Å². The molecule has 5 nitrogen and oxygen atoms in total. The molecule has 102 valence electrons. The molecule has 0 unspecified atom stereocenters. The SMILES string of the molecule is Cc1cc(NC(=O)N2CCC[C@@H]2C(=O)O)ccc1F. The quantitative estimate of drug-likeness (QED) is 0.862. The molecule has 0 spiro atoms. The number of benzene rings is 1. The number of amides is 2. The second-order valence-corrected chi connectivity index (χ2v) is 4.58. The molecular weight excluding hydrogens is 251 g/mol. The molecule has 0 bridgehead atoms. The maximum Gasteiger partial charge on any atom is 0.326 e. The van der Waals surface area contributed by atoms with E-state index in [2.05, 4.69) is 5.32 Å². The lowest BCUT2D eigenvalue weighted by molar-refractivity contribution is -0.141. The standard InChI is InChI=1S/C13H15FN2O3/c1-8-7-9(4-5-10(8)14)15-13(19)16-6-2-3-11(16)12(17)18/h4-5,7,11H,2-3,6H2,1H3,(H,15,19)(H,17,18)/t11-/m1/s1. The summed E-state index contributed by atoms with van der Waals surface area (Å²) < 4.78 is 13.1. The van der Waals surface area contributed by atoms with Crippen molar-refractivity contribution in [2.24, 2.45) is 0 Å². The van der Waals surface area contributed by atoms with Gasteiger partial charge in [0.05, 0.1) is 0 Å². The minimum atomic E-state index is -0.997. The fourth-order valence-corrected chi connectivity index (χ4v) is 2.18. The van der Waals surface area contributed by atoms with Gasteiger partial charge >= 0.3 is 12.0 Å². The molecule has 2 N–H and O–H groups in total. The first kappa shape index (κ1) is 13.3. The molecule has 0 aliphatic carbocycles. The van der Waals surface area contributed by atoms with Crippen LogP contribution in [0.1, 0.15) is 18.4 Å². The van der Waals surface area contributed by atoms with Crippen LogP contribution >= 0.6 is 0 Å². The molecule has 1 aliphatic rings. The van der Waals surface area contributed by atoms with E-state index in [9.17, 15) is 14.0 Å². The van der Waals surface area contributed by atoms with E-state index in [4.69, 9.17) is 5.11 Å². The molecule has 1 fully saturated rings. The van der Waals surface area contributed by atoms with E-state index in [0.717, 1.165) is 0 Å². The molecule has 6 heteroatoms. The Morgan fingerprint density at radius 2 is 2.21 bits per heavy atom. The van der Waals surface area contributed by atoms with Crippen molar-refractivity contribution in [1.29, 1.82) is 0 Å². The van der Waals surface area contributed by atoms with Gasteiger partial charge in [-0.3, -0.25) is 0 Å². The van der Waals surface area contributed by atoms with Crippen LogP contribution in [-0.2, 0) is 4.79 Å². The maximum absolute atomic E-state index is 13.1. The Morgan fingerprint density at radius 1 is 1.47 bits per heavy atom. The van der Waals surface area contributed by atoms with Gasteiger partial charge in [-0.25, -0.2) is 14.0 Å². The average molecular weight is 266 g/mol. The summed E-state index contributed by atoms with van der Waals surface area (Å²) in [6.45, 7) is 2.02. The van der Waals surface area contributed by atoms with Crippen LogP contribution in [0.4, 0.5) is 14.9 Å². The molecule has 1 saturated heterocycles. The highest BCUT2D eigenvalue weighted by atomic mass is 19.1. The van der Waals surface area contributed by atoms with Crippen LogP contribution in [0.15, 0.2) is 18.2 Å². The van der Waals surface area contributed by atoms with Gasteiger partial charge in [-0.1, -0.05) is 0 Å². The average Bonchev–Trinajstić information content (AvgIpc) is 2.83. The van der Waals surface area contributed by atoms with Gasteiger partial charge in [-0.15, -0.1) is 0 Å². The molecule has 1 aromatic carbocycles. The number of carbonyl (C=O) groups excluding carboxylic acids is 1. The molecule has 1 aromatic rings. The van der Waals surface area contributed by atoms with Crippen molar-refractivity contribution >= 4 is 17.7 Å². The molecule has 19 heavy (non-hydrogen) atoms. The Labute approximate surface area is 110 Å². The Bertz CT molecular complexity index is 519. The fourth-order valence-electron chi connectivity index (χ4n) is 2.18. The summed E-state index contributed by atoms with van der Waals surface area (Å²) >= 11 is 0. The topological polar surface area (TPSA) is 69.6 Å².